The molecule has 0 amide bonds. The molecule has 0 unspecified atom stereocenters. The number of anilines is 1. The van der Waals surface area contributed by atoms with Crippen molar-refractivity contribution in [1.82, 2.24) is 9.78 Å². The zero-order chi connectivity index (χ0) is 13.6. The Labute approximate surface area is 119 Å². The molecule has 0 fully saturated rings. The molecule has 2 N–H and O–H groups in total. The normalized spacial score (nSPS) is 13.6. The van der Waals surface area contributed by atoms with Crippen LogP contribution in [-0.2, 0) is 7.05 Å². The highest BCUT2D eigenvalue weighted by Crippen LogP contribution is 2.43. The Morgan fingerprint density at radius 3 is 2.74 bits per heavy atom. The average Bonchev–Trinajstić information content (AvgIpc) is 2.74. The highest BCUT2D eigenvalue weighted by atomic mass is 79.9. The molecule has 0 aliphatic carbocycles. The number of nitrogens with zero attached hydrogens (tertiary/aromatic N) is 2. The fourth-order valence-corrected chi connectivity index (χ4v) is 2.63. The van der Waals surface area contributed by atoms with Crippen molar-refractivity contribution < 1.29 is 9.47 Å². The summed E-state index contributed by atoms with van der Waals surface area (Å²) in [5.41, 5.74) is 8.61. The highest BCUT2D eigenvalue weighted by molar-refractivity contribution is 9.10. The summed E-state index contributed by atoms with van der Waals surface area (Å²) >= 11 is 3.60. The average molecular weight is 324 g/mol. The highest BCUT2D eigenvalue weighted by Gasteiger charge is 2.21. The molecule has 1 aromatic carbocycles. The van der Waals surface area contributed by atoms with Gasteiger partial charge in [-0.15, -0.1) is 0 Å². The van der Waals surface area contributed by atoms with E-state index < -0.39 is 0 Å². The number of nitrogens with two attached hydrogens (primary N) is 1. The Balaban J connectivity index is 2.19. The monoisotopic (exact) mass is 323 g/mol. The van der Waals surface area contributed by atoms with Crippen molar-refractivity contribution in [2.24, 2.45) is 7.05 Å². The Morgan fingerprint density at radius 1 is 1.32 bits per heavy atom. The van der Waals surface area contributed by atoms with E-state index in [2.05, 4.69) is 21.0 Å². The molecule has 3 rings (SSSR count). The van der Waals surface area contributed by atoms with Gasteiger partial charge in [0.1, 0.15) is 19.0 Å². The topological polar surface area (TPSA) is 62.3 Å². The van der Waals surface area contributed by atoms with Gasteiger partial charge in [-0.25, -0.2) is 0 Å². The summed E-state index contributed by atoms with van der Waals surface area (Å²) in [6.07, 6.45) is 0. The lowest BCUT2D eigenvalue weighted by atomic mass is 10.1. The van der Waals surface area contributed by atoms with E-state index in [4.69, 9.17) is 15.2 Å². The second kappa shape index (κ2) is 4.45. The number of nitrogen functional groups attached to an aromatic ring is 1. The largest absolute Gasteiger partial charge is 0.486 e. The van der Waals surface area contributed by atoms with Gasteiger partial charge in [0, 0.05) is 28.7 Å². The molecule has 0 radical (unpaired) electrons. The van der Waals surface area contributed by atoms with Crippen LogP contribution in [0.2, 0.25) is 0 Å². The predicted molar refractivity (Wildman–Crippen MR) is 76.5 cm³/mol. The Morgan fingerprint density at radius 2 is 2.05 bits per heavy atom. The van der Waals surface area contributed by atoms with Gasteiger partial charge in [0.05, 0.1) is 5.69 Å². The van der Waals surface area contributed by atoms with Crippen molar-refractivity contribution in [1.29, 1.82) is 0 Å². The predicted octanol–water partition coefficient (Wildman–Crippen LogP) is 2.51. The molecule has 2 aromatic rings. The molecule has 0 saturated carbocycles. The zero-order valence-electron chi connectivity index (χ0n) is 10.7. The number of fused-ring (bicyclic) bond motifs is 1. The lowest BCUT2D eigenvalue weighted by Gasteiger charge is -2.22. The molecule has 2 heterocycles. The molecular weight excluding hydrogens is 310 g/mol. The Kier molecular flexibility index (Phi) is 2.89. The van der Waals surface area contributed by atoms with Gasteiger partial charge in [-0.05, 0) is 28.9 Å². The number of aromatic nitrogens is 2. The van der Waals surface area contributed by atoms with E-state index in [-0.39, 0.29) is 0 Å². The maximum atomic E-state index is 5.83. The summed E-state index contributed by atoms with van der Waals surface area (Å²) in [6.45, 7) is 3.14. The number of ether oxygens (including phenoxy) is 2. The van der Waals surface area contributed by atoms with Crippen LogP contribution in [0.4, 0.5) is 5.82 Å². The summed E-state index contributed by atoms with van der Waals surface area (Å²) in [7, 11) is 1.82. The van der Waals surface area contributed by atoms with Gasteiger partial charge in [0.25, 0.3) is 0 Å². The fraction of sp³-hybridized carbons (Fsp3) is 0.308. The van der Waals surface area contributed by atoms with Crippen molar-refractivity contribution in [3.05, 3.63) is 22.2 Å². The van der Waals surface area contributed by atoms with Crippen LogP contribution < -0.4 is 15.2 Å². The number of hydrogen-bond acceptors (Lipinski definition) is 4. The number of aryl methyl sites for hydroxylation is 1. The third-order valence-corrected chi connectivity index (χ3v) is 4.21. The molecule has 0 saturated heterocycles. The quantitative estimate of drug-likeness (QED) is 0.875. The van der Waals surface area contributed by atoms with E-state index in [1.54, 1.807) is 4.68 Å². The number of rotatable bonds is 1. The number of hydrogen-bond donors (Lipinski definition) is 1. The zero-order valence-corrected chi connectivity index (χ0v) is 12.3. The van der Waals surface area contributed by atoms with Gasteiger partial charge in [-0.1, -0.05) is 0 Å². The molecule has 5 nitrogen and oxygen atoms in total. The van der Waals surface area contributed by atoms with Gasteiger partial charge >= 0.3 is 0 Å². The lowest BCUT2D eigenvalue weighted by molar-refractivity contribution is 0.170. The molecule has 6 heteroatoms. The number of benzene rings is 1. The molecule has 0 spiro atoms. The Hall–Kier alpha value is -1.69. The van der Waals surface area contributed by atoms with Crippen LogP contribution in [0.1, 0.15) is 5.56 Å². The van der Waals surface area contributed by atoms with E-state index in [1.165, 1.54) is 0 Å². The first-order valence-corrected chi connectivity index (χ1v) is 6.76. The van der Waals surface area contributed by atoms with Gasteiger partial charge in [-0.3, -0.25) is 4.68 Å². The molecule has 0 atom stereocenters. The molecule has 0 bridgehead atoms. The Bertz CT molecular complexity index is 632. The van der Waals surface area contributed by atoms with E-state index in [0.717, 1.165) is 32.8 Å². The van der Waals surface area contributed by atoms with E-state index in [1.807, 2.05) is 26.1 Å². The molecule has 19 heavy (non-hydrogen) atoms. The molecule has 1 aliphatic heterocycles. The van der Waals surface area contributed by atoms with Gasteiger partial charge in [-0.2, -0.15) is 5.10 Å². The van der Waals surface area contributed by atoms with E-state index in [9.17, 15) is 0 Å². The van der Waals surface area contributed by atoms with Crippen LogP contribution in [-0.4, -0.2) is 23.0 Å². The molecule has 1 aliphatic rings. The van der Waals surface area contributed by atoms with Gasteiger partial charge < -0.3 is 15.2 Å². The lowest BCUT2D eigenvalue weighted by Crippen LogP contribution is -2.16. The summed E-state index contributed by atoms with van der Waals surface area (Å²) in [5, 5.41) is 4.40. The second-order valence-corrected chi connectivity index (χ2v) is 5.26. The molecule has 100 valence electrons. The van der Waals surface area contributed by atoms with Crippen LogP contribution in [0.5, 0.6) is 11.5 Å². The van der Waals surface area contributed by atoms with Crippen LogP contribution in [0.3, 0.4) is 0 Å². The maximum absolute atomic E-state index is 5.83. The van der Waals surface area contributed by atoms with Crippen molar-refractivity contribution in [3.8, 4) is 22.8 Å². The van der Waals surface area contributed by atoms with Crippen LogP contribution >= 0.6 is 15.9 Å². The number of halogens is 1. The third kappa shape index (κ3) is 1.96. The van der Waals surface area contributed by atoms with Crippen molar-refractivity contribution in [2.75, 3.05) is 18.9 Å². The van der Waals surface area contributed by atoms with Gasteiger partial charge in [0.2, 0.25) is 0 Å². The van der Waals surface area contributed by atoms with Crippen molar-refractivity contribution in [2.45, 2.75) is 6.92 Å². The van der Waals surface area contributed by atoms with Gasteiger partial charge in [0.15, 0.2) is 11.5 Å². The van der Waals surface area contributed by atoms with E-state index in [0.29, 0.717) is 19.0 Å². The van der Waals surface area contributed by atoms with Crippen LogP contribution in [0.25, 0.3) is 11.3 Å². The maximum Gasteiger partial charge on any atom is 0.165 e. The summed E-state index contributed by atoms with van der Waals surface area (Å²) in [4.78, 5) is 0. The first kappa shape index (κ1) is 12.3. The molecule has 1 aromatic heterocycles. The first-order chi connectivity index (χ1) is 9.08. The minimum atomic E-state index is 0.567. The van der Waals surface area contributed by atoms with Crippen molar-refractivity contribution in [3.63, 3.8) is 0 Å². The van der Waals surface area contributed by atoms with E-state index >= 15 is 0 Å². The summed E-state index contributed by atoms with van der Waals surface area (Å²) in [6, 6.07) is 3.78. The third-order valence-electron chi connectivity index (χ3n) is 3.18. The summed E-state index contributed by atoms with van der Waals surface area (Å²) < 4.78 is 13.9. The fourth-order valence-electron chi connectivity index (χ4n) is 2.13. The summed E-state index contributed by atoms with van der Waals surface area (Å²) in [5.74, 6) is 2.17. The second-order valence-electron chi connectivity index (χ2n) is 4.47. The minimum absolute atomic E-state index is 0.567. The van der Waals surface area contributed by atoms with Crippen molar-refractivity contribution >= 4 is 21.7 Å². The SMILES string of the molecule is Cc1c(Br)c(-c2cc(N)n(C)n2)cc2c1OCCO2. The first-order valence-electron chi connectivity index (χ1n) is 5.96. The smallest absolute Gasteiger partial charge is 0.165 e. The molecular formula is C13H14BrN3O2. The minimum Gasteiger partial charge on any atom is -0.486 e. The van der Waals surface area contributed by atoms with Crippen LogP contribution in [0.15, 0.2) is 16.6 Å². The standard InChI is InChI=1S/C13H14BrN3O2/c1-7-12(14)8(9-6-11(15)17(2)16-9)5-10-13(7)19-4-3-18-10/h5-6H,3-4,15H2,1-2H3. The van der Waals surface area contributed by atoms with Crippen LogP contribution in [0, 0.1) is 6.92 Å².